The predicted molar refractivity (Wildman–Crippen MR) is 99.9 cm³/mol. The van der Waals surface area contributed by atoms with Crippen molar-refractivity contribution in [3.05, 3.63) is 40.3 Å². The van der Waals surface area contributed by atoms with E-state index < -0.39 is 0 Å². The molecular formula is C17H13Cl2N3O2S. The molecule has 2 aromatic heterocycles. The molecule has 1 saturated carbocycles. The monoisotopic (exact) mass is 393 g/mol. The zero-order valence-electron chi connectivity index (χ0n) is 13.2. The molecule has 5 nitrogen and oxygen atoms in total. The molecule has 0 aliphatic heterocycles. The van der Waals surface area contributed by atoms with Gasteiger partial charge >= 0.3 is 0 Å². The molecule has 8 heteroatoms. The van der Waals surface area contributed by atoms with Crippen LogP contribution in [0.25, 0.3) is 20.7 Å². The second-order valence-corrected chi connectivity index (χ2v) is 7.55. The highest BCUT2D eigenvalue weighted by atomic mass is 35.5. The Labute approximate surface area is 158 Å². The summed E-state index contributed by atoms with van der Waals surface area (Å²) in [5.41, 5.74) is 1.15. The summed E-state index contributed by atoms with van der Waals surface area (Å²) in [7, 11) is 1.60. The van der Waals surface area contributed by atoms with Gasteiger partial charge in [-0.15, -0.1) is 11.3 Å². The van der Waals surface area contributed by atoms with Gasteiger partial charge in [-0.1, -0.05) is 11.6 Å². The van der Waals surface area contributed by atoms with E-state index in [4.69, 9.17) is 27.9 Å². The molecule has 1 aliphatic rings. The quantitative estimate of drug-likeness (QED) is 0.659. The van der Waals surface area contributed by atoms with E-state index in [1.807, 2.05) is 6.07 Å². The van der Waals surface area contributed by atoms with E-state index in [9.17, 15) is 4.79 Å². The van der Waals surface area contributed by atoms with Gasteiger partial charge in [0.1, 0.15) is 11.4 Å². The Kier molecular flexibility index (Phi) is 4.27. The second kappa shape index (κ2) is 6.44. The number of hydrogen-bond acceptors (Lipinski definition) is 5. The lowest BCUT2D eigenvalue weighted by Gasteiger charge is -2.07. The number of nitrogens with zero attached hydrogens (tertiary/aromatic N) is 2. The van der Waals surface area contributed by atoms with E-state index >= 15 is 0 Å². The van der Waals surface area contributed by atoms with E-state index in [1.54, 1.807) is 19.2 Å². The molecule has 0 radical (unpaired) electrons. The standard InChI is InChI=1S/C17H13Cl2N3O2S/c1-24-12-5-4-9(16(23)21-8-2-3-8)10-6-13(25-15(10)12)14-11(18)7-20-17(19)22-14/h4-8H,2-3H2,1H3,(H,21,23). The van der Waals surface area contributed by atoms with Gasteiger partial charge in [0.25, 0.3) is 5.91 Å². The van der Waals surface area contributed by atoms with Crippen molar-refractivity contribution in [2.45, 2.75) is 18.9 Å². The van der Waals surface area contributed by atoms with Crippen molar-refractivity contribution in [2.24, 2.45) is 0 Å². The molecule has 0 spiro atoms. The smallest absolute Gasteiger partial charge is 0.252 e. The minimum Gasteiger partial charge on any atom is -0.495 e. The van der Waals surface area contributed by atoms with Crippen molar-refractivity contribution in [3.8, 4) is 16.3 Å². The zero-order valence-corrected chi connectivity index (χ0v) is 15.5. The summed E-state index contributed by atoms with van der Waals surface area (Å²) in [4.78, 5) is 21.4. The van der Waals surface area contributed by atoms with Gasteiger partial charge in [-0.2, -0.15) is 0 Å². The molecule has 2 heterocycles. The fraction of sp³-hybridized carbons (Fsp3) is 0.235. The van der Waals surface area contributed by atoms with Crippen LogP contribution >= 0.6 is 34.5 Å². The molecule has 1 N–H and O–H groups in total. The first-order chi connectivity index (χ1) is 12.1. The Morgan fingerprint density at radius 3 is 2.88 bits per heavy atom. The van der Waals surface area contributed by atoms with Gasteiger partial charge in [-0.05, 0) is 42.6 Å². The summed E-state index contributed by atoms with van der Waals surface area (Å²) >= 11 is 13.6. The number of nitrogens with one attached hydrogen (secondary N) is 1. The highest BCUT2D eigenvalue weighted by Gasteiger charge is 2.25. The third-order valence-electron chi connectivity index (χ3n) is 3.97. The van der Waals surface area contributed by atoms with Crippen LogP contribution in [-0.4, -0.2) is 29.0 Å². The molecule has 1 amide bonds. The fourth-order valence-corrected chi connectivity index (χ4v) is 4.15. The van der Waals surface area contributed by atoms with Crippen LogP contribution in [-0.2, 0) is 0 Å². The molecule has 1 aromatic carbocycles. The van der Waals surface area contributed by atoms with Crippen LogP contribution in [0.2, 0.25) is 10.3 Å². The van der Waals surface area contributed by atoms with Gasteiger partial charge in [-0.25, -0.2) is 9.97 Å². The van der Waals surface area contributed by atoms with E-state index in [2.05, 4.69) is 15.3 Å². The number of rotatable bonds is 4. The molecule has 0 atom stereocenters. The number of hydrogen-bond donors (Lipinski definition) is 1. The zero-order chi connectivity index (χ0) is 17.6. The highest BCUT2D eigenvalue weighted by Crippen LogP contribution is 2.41. The Balaban J connectivity index is 1.87. The number of methoxy groups -OCH3 is 1. The average Bonchev–Trinajstić information content (AvgIpc) is 3.30. The summed E-state index contributed by atoms with van der Waals surface area (Å²) < 4.78 is 6.31. The van der Waals surface area contributed by atoms with Gasteiger partial charge in [0.05, 0.1) is 27.9 Å². The van der Waals surface area contributed by atoms with Gasteiger partial charge in [0, 0.05) is 17.0 Å². The van der Waals surface area contributed by atoms with E-state index in [1.165, 1.54) is 17.5 Å². The molecular weight excluding hydrogens is 381 g/mol. The minimum absolute atomic E-state index is 0.0775. The highest BCUT2D eigenvalue weighted by molar-refractivity contribution is 7.22. The third-order valence-corrected chi connectivity index (χ3v) is 5.59. The largest absolute Gasteiger partial charge is 0.495 e. The van der Waals surface area contributed by atoms with Crippen molar-refractivity contribution in [1.29, 1.82) is 0 Å². The van der Waals surface area contributed by atoms with E-state index in [0.29, 0.717) is 22.0 Å². The first kappa shape index (κ1) is 16.6. The number of aromatic nitrogens is 2. The second-order valence-electron chi connectivity index (χ2n) is 5.75. The molecule has 1 fully saturated rings. The Bertz CT molecular complexity index is 985. The van der Waals surface area contributed by atoms with Crippen molar-refractivity contribution in [2.75, 3.05) is 7.11 Å². The Morgan fingerprint density at radius 2 is 2.16 bits per heavy atom. The van der Waals surface area contributed by atoms with Crippen molar-refractivity contribution < 1.29 is 9.53 Å². The van der Waals surface area contributed by atoms with Crippen LogP contribution in [0.5, 0.6) is 5.75 Å². The van der Waals surface area contributed by atoms with Gasteiger partial charge in [-0.3, -0.25) is 4.79 Å². The summed E-state index contributed by atoms with van der Waals surface area (Å²) in [6.45, 7) is 0. The van der Waals surface area contributed by atoms with E-state index in [0.717, 1.165) is 27.8 Å². The normalized spacial score (nSPS) is 13.9. The van der Waals surface area contributed by atoms with Crippen LogP contribution in [0, 0.1) is 0 Å². The fourth-order valence-electron chi connectivity index (χ4n) is 2.58. The number of thiophene rings is 1. The van der Waals surface area contributed by atoms with Gasteiger partial charge in [0.15, 0.2) is 0 Å². The molecule has 0 unspecified atom stereocenters. The first-order valence-electron chi connectivity index (χ1n) is 7.66. The molecule has 0 bridgehead atoms. The van der Waals surface area contributed by atoms with E-state index in [-0.39, 0.29) is 17.2 Å². The lowest BCUT2D eigenvalue weighted by Crippen LogP contribution is -2.25. The minimum atomic E-state index is -0.0775. The van der Waals surface area contributed by atoms with Crippen LogP contribution < -0.4 is 10.1 Å². The molecule has 128 valence electrons. The number of ether oxygens (including phenoxy) is 1. The maximum atomic E-state index is 12.6. The first-order valence-corrected chi connectivity index (χ1v) is 9.24. The van der Waals surface area contributed by atoms with Crippen LogP contribution in [0.4, 0.5) is 0 Å². The number of carbonyl (C=O) groups is 1. The third kappa shape index (κ3) is 3.17. The van der Waals surface area contributed by atoms with Crippen LogP contribution in [0.1, 0.15) is 23.2 Å². The molecule has 4 rings (SSSR count). The van der Waals surface area contributed by atoms with Gasteiger partial charge < -0.3 is 10.1 Å². The number of benzene rings is 1. The molecule has 0 saturated heterocycles. The number of amides is 1. The molecule has 1 aliphatic carbocycles. The molecule has 3 aromatic rings. The van der Waals surface area contributed by atoms with Crippen molar-refractivity contribution in [3.63, 3.8) is 0 Å². The summed E-state index contributed by atoms with van der Waals surface area (Å²) in [6.07, 6.45) is 3.54. The summed E-state index contributed by atoms with van der Waals surface area (Å²) in [5, 5.41) is 4.35. The average molecular weight is 394 g/mol. The number of fused-ring (bicyclic) bond motifs is 1. The Morgan fingerprint density at radius 1 is 1.36 bits per heavy atom. The lowest BCUT2D eigenvalue weighted by atomic mass is 10.1. The van der Waals surface area contributed by atoms with Crippen molar-refractivity contribution >= 4 is 50.5 Å². The maximum Gasteiger partial charge on any atom is 0.252 e. The maximum absolute atomic E-state index is 12.6. The number of carbonyl (C=O) groups excluding carboxylic acids is 1. The Hall–Kier alpha value is -1.89. The van der Waals surface area contributed by atoms with Crippen LogP contribution in [0.15, 0.2) is 24.4 Å². The lowest BCUT2D eigenvalue weighted by molar-refractivity contribution is 0.0953. The summed E-state index contributed by atoms with van der Waals surface area (Å²) in [5.74, 6) is 0.622. The topological polar surface area (TPSA) is 64.1 Å². The summed E-state index contributed by atoms with van der Waals surface area (Å²) in [6, 6.07) is 5.77. The van der Waals surface area contributed by atoms with Gasteiger partial charge in [0.2, 0.25) is 5.28 Å². The number of halogens is 2. The predicted octanol–water partition coefficient (Wildman–Crippen LogP) is 4.57. The molecule has 25 heavy (non-hydrogen) atoms. The SMILES string of the molecule is COc1ccc(C(=O)NC2CC2)c2cc(-c3nc(Cl)ncc3Cl)sc12. The van der Waals surface area contributed by atoms with Crippen molar-refractivity contribution in [1.82, 2.24) is 15.3 Å². The van der Waals surface area contributed by atoms with Crippen LogP contribution in [0.3, 0.4) is 0 Å².